The standard InChI is InChI=1S/C22H24FN7O3S/c1-13(2)17-10-16(23)11-18(15-5-7-26-19(9-15)25-4)21(17)27-22(32)29-34(24,33)20-6-8-30(28-20)12-14(3)31/h5-11,13-14,31H,12H2,1-3H3,(H3,24,27,29,32,33)/t14-,34?/m1/s1. The number of aliphatic hydroxyl groups is 1. The number of aromatic nitrogens is 3. The molecule has 0 spiro atoms. The summed E-state index contributed by atoms with van der Waals surface area (Å²) < 4.78 is 38.9. The Morgan fingerprint density at radius 3 is 2.71 bits per heavy atom. The molecule has 0 aliphatic rings. The Bertz CT molecular complexity index is 1360. The molecule has 3 rings (SSSR count). The summed E-state index contributed by atoms with van der Waals surface area (Å²) in [5, 5.41) is 15.9. The van der Waals surface area contributed by atoms with E-state index in [4.69, 9.17) is 11.4 Å². The largest absolute Gasteiger partial charge is 0.391 e. The fourth-order valence-electron chi connectivity index (χ4n) is 3.29. The van der Waals surface area contributed by atoms with E-state index in [0.29, 0.717) is 16.7 Å². The fourth-order valence-corrected chi connectivity index (χ4v) is 4.18. The molecule has 2 aromatic heterocycles. The number of nitrogens with zero attached hydrogens (tertiary/aromatic N) is 4. The number of nitrogens with one attached hydrogen (secondary N) is 3. The summed E-state index contributed by atoms with van der Waals surface area (Å²) in [6, 6.07) is 5.94. The molecule has 0 fully saturated rings. The number of hydrogen-bond acceptors (Lipinski definition) is 6. The van der Waals surface area contributed by atoms with Gasteiger partial charge in [-0.05, 0) is 54.3 Å². The molecule has 0 saturated carbocycles. The number of carbonyl (C=O) groups is 1. The van der Waals surface area contributed by atoms with Crippen molar-refractivity contribution in [2.75, 3.05) is 5.32 Å². The lowest BCUT2D eigenvalue weighted by Gasteiger charge is -2.19. The average Bonchev–Trinajstić information content (AvgIpc) is 3.23. The maximum Gasteiger partial charge on any atom is 0.332 e. The summed E-state index contributed by atoms with van der Waals surface area (Å²) in [5.41, 5.74) is 1.50. The molecule has 34 heavy (non-hydrogen) atoms. The van der Waals surface area contributed by atoms with Crippen LogP contribution >= 0.6 is 0 Å². The van der Waals surface area contributed by atoms with Crippen LogP contribution in [0.5, 0.6) is 0 Å². The number of carbonyl (C=O) groups excluding carboxylic acids is 1. The van der Waals surface area contributed by atoms with Crippen molar-refractivity contribution in [3.8, 4) is 11.1 Å². The predicted molar refractivity (Wildman–Crippen MR) is 125 cm³/mol. The monoisotopic (exact) mass is 485 g/mol. The van der Waals surface area contributed by atoms with Crippen LogP contribution in [0.25, 0.3) is 16.0 Å². The smallest absolute Gasteiger partial charge is 0.332 e. The van der Waals surface area contributed by atoms with Crippen LogP contribution in [0.3, 0.4) is 0 Å². The number of amides is 2. The minimum absolute atomic E-state index is 0.102. The zero-order chi connectivity index (χ0) is 25.0. The molecule has 0 bridgehead atoms. The van der Waals surface area contributed by atoms with Crippen molar-refractivity contribution in [3.63, 3.8) is 0 Å². The van der Waals surface area contributed by atoms with Crippen molar-refractivity contribution in [1.29, 1.82) is 4.78 Å². The highest BCUT2D eigenvalue weighted by atomic mass is 32.2. The van der Waals surface area contributed by atoms with Crippen LogP contribution in [0.2, 0.25) is 0 Å². The summed E-state index contributed by atoms with van der Waals surface area (Å²) >= 11 is 0. The van der Waals surface area contributed by atoms with Crippen LogP contribution in [0.15, 0.2) is 47.8 Å². The van der Waals surface area contributed by atoms with Gasteiger partial charge >= 0.3 is 6.03 Å². The molecule has 0 aliphatic carbocycles. The lowest BCUT2D eigenvalue weighted by molar-refractivity contribution is 0.168. The summed E-state index contributed by atoms with van der Waals surface area (Å²) in [6.07, 6.45) is 2.16. The lowest BCUT2D eigenvalue weighted by Crippen LogP contribution is -2.34. The summed E-state index contributed by atoms with van der Waals surface area (Å²) in [7, 11) is -3.82. The van der Waals surface area contributed by atoms with Crippen molar-refractivity contribution in [2.24, 2.45) is 0 Å². The Kier molecular flexibility index (Phi) is 7.29. The van der Waals surface area contributed by atoms with E-state index in [1.165, 1.54) is 41.3 Å². The first-order chi connectivity index (χ1) is 16.0. The number of aliphatic hydroxyl groups excluding tert-OH is 1. The van der Waals surface area contributed by atoms with Crippen LogP contribution in [-0.2, 0) is 16.5 Å². The van der Waals surface area contributed by atoms with Gasteiger partial charge in [0.2, 0.25) is 0 Å². The molecule has 2 atom stereocenters. The molecule has 2 heterocycles. The van der Waals surface area contributed by atoms with Gasteiger partial charge in [-0.15, -0.1) is 4.98 Å². The van der Waals surface area contributed by atoms with Crippen LogP contribution in [0.4, 0.5) is 20.7 Å². The van der Waals surface area contributed by atoms with Crippen molar-refractivity contribution in [1.82, 2.24) is 19.5 Å². The van der Waals surface area contributed by atoms with Crippen LogP contribution in [0.1, 0.15) is 32.3 Å². The van der Waals surface area contributed by atoms with E-state index in [0.717, 1.165) is 0 Å². The van der Waals surface area contributed by atoms with Gasteiger partial charge in [-0.1, -0.05) is 20.4 Å². The molecular weight excluding hydrogens is 461 g/mol. The first kappa shape index (κ1) is 24.8. The van der Waals surface area contributed by atoms with Crippen molar-refractivity contribution in [3.05, 3.63) is 65.5 Å². The number of anilines is 1. The summed E-state index contributed by atoms with van der Waals surface area (Å²) in [6.45, 7) is 12.5. The number of urea groups is 1. The number of benzene rings is 1. The summed E-state index contributed by atoms with van der Waals surface area (Å²) in [4.78, 5) is 20.0. The van der Waals surface area contributed by atoms with E-state index in [1.807, 2.05) is 13.8 Å². The minimum Gasteiger partial charge on any atom is -0.391 e. The molecule has 10 nitrogen and oxygen atoms in total. The van der Waals surface area contributed by atoms with Gasteiger partial charge in [-0.2, -0.15) is 5.10 Å². The van der Waals surface area contributed by atoms with Crippen LogP contribution in [-0.4, -0.2) is 36.2 Å². The predicted octanol–water partition coefficient (Wildman–Crippen LogP) is 4.28. The van der Waals surface area contributed by atoms with Gasteiger partial charge < -0.3 is 15.3 Å². The molecule has 12 heteroatoms. The Morgan fingerprint density at radius 2 is 2.06 bits per heavy atom. The molecular formula is C22H24FN7O3S. The zero-order valence-electron chi connectivity index (χ0n) is 18.7. The molecule has 0 aliphatic heterocycles. The van der Waals surface area contributed by atoms with E-state index in [2.05, 4.69) is 25.0 Å². The Balaban J connectivity index is 1.95. The highest BCUT2D eigenvalue weighted by Gasteiger charge is 2.22. The number of halogens is 1. The van der Waals surface area contributed by atoms with E-state index in [1.54, 1.807) is 13.0 Å². The highest BCUT2D eigenvalue weighted by molar-refractivity contribution is 7.91. The molecule has 0 radical (unpaired) electrons. The molecule has 1 unspecified atom stereocenters. The van der Waals surface area contributed by atoms with E-state index >= 15 is 0 Å². The second-order valence-electron chi connectivity index (χ2n) is 7.92. The van der Waals surface area contributed by atoms with Crippen molar-refractivity contribution >= 4 is 27.5 Å². The third-order valence-corrected chi connectivity index (χ3v) is 6.04. The van der Waals surface area contributed by atoms with Crippen molar-refractivity contribution < 1.29 is 18.5 Å². The quantitative estimate of drug-likeness (QED) is 0.370. The Hall–Kier alpha value is -3.82. The third-order valence-electron chi connectivity index (χ3n) is 4.76. The van der Waals surface area contributed by atoms with Crippen LogP contribution < -0.4 is 10.0 Å². The zero-order valence-corrected chi connectivity index (χ0v) is 19.6. The van der Waals surface area contributed by atoms with E-state index in [9.17, 15) is 18.5 Å². The molecule has 2 amide bonds. The van der Waals surface area contributed by atoms with Crippen molar-refractivity contribution in [2.45, 2.75) is 44.4 Å². The van der Waals surface area contributed by atoms with E-state index < -0.39 is 27.9 Å². The fraction of sp³-hybridized carbons (Fsp3) is 0.273. The number of pyridine rings is 1. The first-order valence-corrected chi connectivity index (χ1v) is 11.8. The number of rotatable bonds is 7. The second kappa shape index (κ2) is 9.98. The normalized spacial score (nSPS) is 13.7. The Morgan fingerprint density at radius 1 is 1.32 bits per heavy atom. The maximum atomic E-state index is 14.4. The Labute approximate surface area is 196 Å². The van der Waals surface area contributed by atoms with Gasteiger partial charge in [0, 0.05) is 11.8 Å². The second-order valence-corrected chi connectivity index (χ2v) is 9.66. The highest BCUT2D eigenvalue weighted by Crippen LogP contribution is 2.36. The maximum absolute atomic E-state index is 14.4. The van der Waals surface area contributed by atoms with E-state index in [-0.39, 0.29) is 29.0 Å². The number of hydrogen-bond donors (Lipinski definition) is 4. The van der Waals surface area contributed by atoms with Crippen LogP contribution in [0, 0.1) is 17.2 Å². The van der Waals surface area contributed by atoms with Gasteiger partial charge in [-0.25, -0.2) is 22.9 Å². The molecule has 3 aromatic rings. The third kappa shape index (κ3) is 5.75. The van der Waals surface area contributed by atoms with Gasteiger partial charge in [-0.3, -0.25) is 4.68 Å². The topological polar surface area (TPSA) is 137 Å². The molecule has 0 saturated heterocycles. The first-order valence-electron chi connectivity index (χ1n) is 10.3. The molecule has 178 valence electrons. The molecule has 1 aromatic carbocycles. The van der Waals surface area contributed by atoms with Gasteiger partial charge in [0.05, 0.1) is 18.3 Å². The summed E-state index contributed by atoms with van der Waals surface area (Å²) in [5.74, 6) is -0.618. The van der Waals surface area contributed by atoms with Gasteiger partial charge in [0.1, 0.15) is 12.0 Å². The van der Waals surface area contributed by atoms with Gasteiger partial charge in [0.25, 0.3) is 5.82 Å². The van der Waals surface area contributed by atoms with Gasteiger partial charge in [0.15, 0.2) is 14.9 Å². The molecule has 4 N–H and O–H groups in total. The average molecular weight is 486 g/mol. The minimum atomic E-state index is -3.82. The SMILES string of the molecule is [C-]#[N+]c1cc(-c2cc(F)cc(C(C)C)c2NC(=O)NS(=N)(=O)c2ccn(C[C@@H](C)O)n2)ccn1. The lowest BCUT2D eigenvalue weighted by atomic mass is 9.94.